The van der Waals surface area contributed by atoms with Crippen LogP contribution in [0, 0.1) is 11.6 Å². The second-order valence-electron chi connectivity index (χ2n) is 6.25. The Balaban J connectivity index is 1.80. The third-order valence-electron chi connectivity index (χ3n) is 4.34. The fourth-order valence-corrected chi connectivity index (χ4v) is 3.91. The van der Waals surface area contributed by atoms with Crippen molar-refractivity contribution < 1.29 is 22.0 Å². The van der Waals surface area contributed by atoms with Crippen LogP contribution in [0.1, 0.15) is 15.9 Å². The van der Waals surface area contributed by atoms with Crippen molar-refractivity contribution in [3.8, 4) is 0 Å². The highest BCUT2D eigenvalue weighted by Gasteiger charge is 2.22. The summed E-state index contributed by atoms with van der Waals surface area (Å²) in [5.41, 5.74) is 0.719. The first-order chi connectivity index (χ1) is 13.8. The fourth-order valence-electron chi connectivity index (χ4n) is 2.67. The normalized spacial score (nSPS) is 11.1. The van der Waals surface area contributed by atoms with Crippen molar-refractivity contribution in [3.05, 3.63) is 95.6 Å². The number of hydrogen-bond donors (Lipinski definition) is 1. The zero-order chi connectivity index (χ0) is 21.0. The first kappa shape index (κ1) is 20.5. The molecule has 0 atom stereocenters. The van der Waals surface area contributed by atoms with E-state index < -0.39 is 27.6 Å². The second kappa shape index (κ2) is 8.40. The van der Waals surface area contributed by atoms with Crippen LogP contribution in [0.25, 0.3) is 0 Å². The van der Waals surface area contributed by atoms with E-state index in [4.69, 9.17) is 0 Å². The molecule has 0 aromatic heterocycles. The summed E-state index contributed by atoms with van der Waals surface area (Å²) < 4.78 is 53.5. The summed E-state index contributed by atoms with van der Waals surface area (Å²) >= 11 is 0. The molecule has 3 aromatic carbocycles. The summed E-state index contributed by atoms with van der Waals surface area (Å²) in [5, 5.41) is 2.57. The molecule has 0 aliphatic carbocycles. The number of halogens is 2. The van der Waals surface area contributed by atoms with E-state index in [0.717, 1.165) is 16.4 Å². The Kier molecular flexibility index (Phi) is 5.93. The van der Waals surface area contributed by atoms with Gasteiger partial charge in [-0.15, -0.1) is 0 Å². The van der Waals surface area contributed by atoms with E-state index >= 15 is 0 Å². The summed E-state index contributed by atoms with van der Waals surface area (Å²) in [4.78, 5) is 12.3. The van der Waals surface area contributed by atoms with Gasteiger partial charge < -0.3 is 5.32 Å². The lowest BCUT2D eigenvalue weighted by Gasteiger charge is -2.19. The van der Waals surface area contributed by atoms with Crippen molar-refractivity contribution in [2.45, 2.75) is 11.4 Å². The molecule has 0 saturated carbocycles. The average Bonchev–Trinajstić information content (AvgIpc) is 2.73. The summed E-state index contributed by atoms with van der Waals surface area (Å²) in [6.07, 6.45) is 0. The van der Waals surface area contributed by atoms with Crippen LogP contribution in [0.5, 0.6) is 0 Å². The monoisotopic (exact) mass is 416 g/mol. The lowest BCUT2D eigenvalue weighted by atomic mass is 10.2. The van der Waals surface area contributed by atoms with Gasteiger partial charge in [-0.25, -0.2) is 17.2 Å². The van der Waals surface area contributed by atoms with E-state index in [2.05, 4.69) is 5.32 Å². The van der Waals surface area contributed by atoms with Crippen LogP contribution in [0.3, 0.4) is 0 Å². The SMILES string of the molecule is CN(c1ccc(F)cc1)S(=O)(=O)c1cccc(C(=O)NCc2ccccc2F)c1. The number of amides is 1. The smallest absolute Gasteiger partial charge is 0.264 e. The van der Waals surface area contributed by atoms with Gasteiger partial charge in [-0.2, -0.15) is 0 Å². The minimum absolute atomic E-state index is 0.0298. The van der Waals surface area contributed by atoms with Gasteiger partial charge in [-0.1, -0.05) is 24.3 Å². The summed E-state index contributed by atoms with van der Waals surface area (Å²) in [5.74, 6) is -1.45. The number of carbonyl (C=O) groups excluding carboxylic acids is 1. The van der Waals surface area contributed by atoms with Gasteiger partial charge in [0.25, 0.3) is 15.9 Å². The van der Waals surface area contributed by atoms with Crippen molar-refractivity contribution in [2.75, 3.05) is 11.4 Å². The molecule has 0 unspecified atom stereocenters. The number of nitrogens with zero attached hydrogens (tertiary/aromatic N) is 1. The molecule has 150 valence electrons. The first-order valence-electron chi connectivity index (χ1n) is 8.65. The molecular formula is C21H18F2N2O3S. The molecule has 3 aromatic rings. The average molecular weight is 416 g/mol. The molecule has 29 heavy (non-hydrogen) atoms. The molecular weight excluding hydrogens is 398 g/mol. The van der Waals surface area contributed by atoms with E-state index in [9.17, 15) is 22.0 Å². The molecule has 0 radical (unpaired) electrons. The van der Waals surface area contributed by atoms with Gasteiger partial charge in [0.1, 0.15) is 11.6 Å². The Labute approximate surface area is 167 Å². The summed E-state index contributed by atoms with van der Waals surface area (Å²) in [7, 11) is -2.62. The molecule has 0 fully saturated rings. The Morgan fingerprint density at radius 3 is 2.34 bits per heavy atom. The molecule has 3 rings (SSSR count). The molecule has 8 heteroatoms. The maximum absolute atomic E-state index is 13.7. The lowest BCUT2D eigenvalue weighted by molar-refractivity contribution is 0.0950. The molecule has 0 heterocycles. The van der Waals surface area contributed by atoms with E-state index in [1.807, 2.05) is 0 Å². The topological polar surface area (TPSA) is 66.5 Å². The molecule has 0 aliphatic rings. The highest BCUT2D eigenvalue weighted by atomic mass is 32.2. The van der Waals surface area contributed by atoms with Crippen LogP contribution in [0.2, 0.25) is 0 Å². The predicted molar refractivity (Wildman–Crippen MR) is 106 cm³/mol. The molecule has 1 amide bonds. The molecule has 0 saturated heterocycles. The third-order valence-corrected chi connectivity index (χ3v) is 6.12. The van der Waals surface area contributed by atoms with Crippen molar-refractivity contribution >= 4 is 21.6 Å². The van der Waals surface area contributed by atoms with Gasteiger partial charge in [0.05, 0.1) is 10.6 Å². The predicted octanol–water partition coefficient (Wildman–Crippen LogP) is 3.72. The molecule has 0 aliphatic heterocycles. The maximum Gasteiger partial charge on any atom is 0.264 e. The summed E-state index contributed by atoms with van der Waals surface area (Å²) in [6, 6.07) is 16.6. The zero-order valence-electron chi connectivity index (χ0n) is 15.5. The highest BCUT2D eigenvalue weighted by Crippen LogP contribution is 2.23. The zero-order valence-corrected chi connectivity index (χ0v) is 16.3. The number of carbonyl (C=O) groups is 1. The highest BCUT2D eigenvalue weighted by molar-refractivity contribution is 7.92. The standard InChI is InChI=1S/C21H18F2N2O3S/c1-25(18-11-9-17(22)10-12-18)29(27,28)19-7-4-6-15(13-19)21(26)24-14-16-5-2-3-8-20(16)23/h2-13H,14H2,1H3,(H,24,26). The van der Waals surface area contributed by atoms with E-state index in [-0.39, 0.29) is 22.7 Å². The Morgan fingerprint density at radius 1 is 0.966 bits per heavy atom. The van der Waals surface area contributed by atoms with Crippen LogP contribution in [-0.4, -0.2) is 21.4 Å². The van der Waals surface area contributed by atoms with Crippen LogP contribution >= 0.6 is 0 Å². The van der Waals surface area contributed by atoms with Crippen LogP contribution in [-0.2, 0) is 16.6 Å². The van der Waals surface area contributed by atoms with Gasteiger partial charge >= 0.3 is 0 Å². The number of anilines is 1. The largest absolute Gasteiger partial charge is 0.348 e. The number of nitrogens with one attached hydrogen (secondary N) is 1. The Hall–Kier alpha value is -3.26. The van der Waals surface area contributed by atoms with Gasteiger partial charge in [-0.05, 0) is 48.5 Å². The number of sulfonamides is 1. The number of rotatable bonds is 6. The molecule has 0 bridgehead atoms. The van der Waals surface area contributed by atoms with Crippen LogP contribution in [0.4, 0.5) is 14.5 Å². The molecule has 0 spiro atoms. The Morgan fingerprint density at radius 2 is 1.66 bits per heavy atom. The van der Waals surface area contributed by atoms with E-state index in [1.54, 1.807) is 18.2 Å². The van der Waals surface area contributed by atoms with Gasteiger partial charge in [0.2, 0.25) is 0 Å². The van der Waals surface area contributed by atoms with Gasteiger partial charge in [0, 0.05) is 24.7 Å². The Bertz CT molecular complexity index is 1130. The number of hydrogen-bond acceptors (Lipinski definition) is 3. The summed E-state index contributed by atoms with van der Waals surface area (Å²) in [6.45, 7) is -0.0298. The minimum Gasteiger partial charge on any atom is -0.348 e. The lowest BCUT2D eigenvalue weighted by Crippen LogP contribution is -2.27. The van der Waals surface area contributed by atoms with Gasteiger partial charge in [-0.3, -0.25) is 9.10 Å². The second-order valence-corrected chi connectivity index (χ2v) is 8.22. The van der Waals surface area contributed by atoms with Crippen molar-refractivity contribution in [2.24, 2.45) is 0 Å². The van der Waals surface area contributed by atoms with Crippen molar-refractivity contribution in [3.63, 3.8) is 0 Å². The third kappa shape index (κ3) is 4.60. The van der Waals surface area contributed by atoms with E-state index in [0.29, 0.717) is 5.56 Å². The van der Waals surface area contributed by atoms with Gasteiger partial charge in [0.15, 0.2) is 0 Å². The van der Waals surface area contributed by atoms with Crippen LogP contribution in [0.15, 0.2) is 77.7 Å². The van der Waals surface area contributed by atoms with Crippen molar-refractivity contribution in [1.82, 2.24) is 5.32 Å². The minimum atomic E-state index is -3.96. The van der Waals surface area contributed by atoms with Crippen LogP contribution < -0.4 is 9.62 Å². The molecule has 1 N–H and O–H groups in total. The quantitative estimate of drug-likeness (QED) is 0.666. The first-order valence-corrected chi connectivity index (χ1v) is 10.1. The van der Waals surface area contributed by atoms with E-state index in [1.165, 1.54) is 49.5 Å². The fraction of sp³-hybridized carbons (Fsp3) is 0.0952. The van der Waals surface area contributed by atoms with Crippen molar-refractivity contribution in [1.29, 1.82) is 0 Å². The number of benzene rings is 3. The maximum atomic E-state index is 13.7. The molecule has 5 nitrogen and oxygen atoms in total.